The number of fused-ring (bicyclic) bond motifs is 1. The van der Waals surface area contributed by atoms with Crippen molar-refractivity contribution in [1.29, 1.82) is 0 Å². The zero-order valence-corrected chi connectivity index (χ0v) is 13.2. The lowest BCUT2D eigenvalue weighted by Crippen LogP contribution is -2.72. The molecular weight excluding hydrogens is 315 g/mol. The van der Waals surface area contributed by atoms with E-state index in [-0.39, 0.29) is 0 Å². The molecule has 8 heteroatoms. The summed E-state index contributed by atoms with van der Waals surface area (Å²) in [7, 11) is 0. The van der Waals surface area contributed by atoms with Crippen molar-refractivity contribution in [1.82, 2.24) is 20.9 Å². The lowest BCUT2D eigenvalue weighted by molar-refractivity contribution is -0.130. The highest BCUT2D eigenvalue weighted by atomic mass is 19.1. The van der Waals surface area contributed by atoms with Crippen molar-refractivity contribution >= 4 is 18.0 Å². The predicted molar refractivity (Wildman–Crippen MR) is 83.2 cm³/mol. The van der Waals surface area contributed by atoms with Crippen molar-refractivity contribution < 1.29 is 18.8 Å². The SMILES string of the molecule is CCCCN1C(=O)NC(=O)C2C(c3cccc(F)c3)NC(=O)NC21. The van der Waals surface area contributed by atoms with Crippen molar-refractivity contribution in [3.63, 3.8) is 0 Å². The van der Waals surface area contributed by atoms with Crippen molar-refractivity contribution in [2.45, 2.75) is 32.0 Å². The Morgan fingerprint density at radius 2 is 2.00 bits per heavy atom. The van der Waals surface area contributed by atoms with Crippen LogP contribution < -0.4 is 16.0 Å². The molecule has 0 spiro atoms. The van der Waals surface area contributed by atoms with E-state index < -0.39 is 41.9 Å². The summed E-state index contributed by atoms with van der Waals surface area (Å²) >= 11 is 0. The molecule has 2 fully saturated rings. The molecule has 3 rings (SSSR count). The van der Waals surface area contributed by atoms with Crippen LogP contribution in [0.3, 0.4) is 0 Å². The molecule has 0 aromatic heterocycles. The van der Waals surface area contributed by atoms with Crippen LogP contribution in [-0.4, -0.2) is 35.6 Å². The number of carbonyl (C=O) groups excluding carboxylic acids is 3. The lowest BCUT2D eigenvalue weighted by Gasteiger charge is -2.46. The van der Waals surface area contributed by atoms with Crippen LogP contribution in [0, 0.1) is 11.7 Å². The van der Waals surface area contributed by atoms with Gasteiger partial charge in [-0.15, -0.1) is 0 Å². The van der Waals surface area contributed by atoms with Gasteiger partial charge in [0.05, 0.1) is 6.04 Å². The maximum Gasteiger partial charge on any atom is 0.325 e. The number of unbranched alkanes of at least 4 members (excludes halogenated alkanes) is 1. The van der Waals surface area contributed by atoms with Crippen LogP contribution in [0.1, 0.15) is 31.4 Å². The summed E-state index contributed by atoms with van der Waals surface area (Å²) in [6.07, 6.45) is 0.868. The molecular formula is C16H19FN4O3. The summed E-state index contributed by atoms with van der Waals surface area (Å²) < 4.78 is 13.6. The van der Waals surface area contributed by atoms with E-state index in [4.69, 9.17) is 0 Å². The molecule has 2 saturated heterocycles. The molecule has 1 aromatic rings. The van der Waals surface area contributed by atoms with Gasteiger partial charge in [0.15, 0.2) is 0 Å². The van der Waals surface area contributed by atoms with Crippen LogP contribution in [0.15, 0.2) is 24.3 Å². The highest BCUT2D eigenvalue weighted by Gasteiger charge is 2.49. The largest absolute Gasteiger partial charge is 0.330 e. The van der Waals surface area contributed by atoms with E-state index in [1.54, 1.807) is 6.07 Å². The van der Waals surface area contributed by atoms with Gasteiger partial charge in [-0.25, -0.2) is 14.0 Å². The van der Waals surface area contributed by atoms with Gasteiger partial charge in [0.2, 0.25) is 5.91 Å². The van der Waals surface area contributed by atoms with Crippen LogP contribution in [0.2, 0.25) is 0 Å². The maximum absolute atomic E-state index is 13.6. The summed E-state index contributed by atoms with van der Waals surface area (Å²) in [6, 6.07) is 4.03. The van der Waals surface area contributed by atoms with Crippen molar-refractivity contribution in [3.05, 3.63) is 35.6 Å². The highest BCUT2D eigenvalue weighted by Crippen LogP contribution is 2.32. The normalized spacial score (nSPS) is 26.3. The van der Waals surface area contributed by atoms with E-state index in [0.717, 1.165) is 12.8 Å². The van der Waals surface area contributed by atoms with Gasteiger partial charge in [0.25, 0.3) is 0 Å². The van der Waals surface area contributed by atoms with Crippen LogP contribution in [0.25, 0.3) is 0 Å². The second-order valence-corrected chi connectivity index (χ2v) is 5.96. The smallest absolute Gasteiger partial charge is 0.325 e. The van der Waals surface area contributed by atoms with E-state index in [1.807, 2.05) is 6.92 Å². The molecule has 7 nitrogen and oxygen atoms in total. The molecule has 0 aliphatic carbocycles. The van der Waals surface area contributed by atoms with Gasteiger partial charge in [-0.3, -0.25) is 10.1 Å². The quantitative estimate of drug-likeness (QED) is 0.779. The molecule has 2 heterocycles. The summed E-state index contributed by atoms with van der Waals surface area (Å²) in [4.78, 5) is 38.0. The van der Waals surface area contributed by atoms with E-state index in [1.165, 1.54) is 23.1 Å². The Bertz CT molecular complexity index is 681. The van der Waals surface area contributed by atoms with Gasteiger partial charge in [-0.1, -0.05) is 25.5 Å². The molecule has 2 aliphatic rings. The molecule has 24 heavy (non-hydrogen) atoms. The highest BCUT2D eigenvalue weighted by molar-refractivity contribution is 6.00. The van der Waals surface area contributed by atoms with Crippen LogP contribution in [0.5, 0.6) is 0 Å². The van der Waals surface area contributed by atoms with Crippen LogP contribution in [0.4, 0.5) is 14.0 Å². The number of hydrogen-bond acceptors (Lipinski definition) is 3. The van der Waals surface area contributed by atoms with E-state index in [9.17, 15) is 18.8 Å². The van der Waals surface area contributed by atoms with Gasteiger partial charge < -0.3 is 15.5 Å². The number of imide groups is 1. The molecule has 3 N–H and O–H groups in total. The third-order valence-corrected chi connectivity index (χ3v) is 4.35. The van der Waals surface area contributed by atoms with Gasteiger partial charge in [0, 0.05) is 6.54 Å². The fraction of sp³-hybridized carbons (Fsp3) is 0.438. The number of carbonyl (C=O) groups is 3. The number of nitrogens with one attached hydrogen (secondary N) is 3. The van der Waals surface area contributed by atoms with E-state index in [0.29, 0.717) is 12.1 Å². The summed E-state index contributed by atoms with van der Waals surface area (Å²) in [6.45, 7) is 2.41. The average molecular weight is 334 g/mol. The van der Waals surface area contributed by atoms with Gasteiger partial charge in [0.1, 0.15) is 17.9 Å². The van der Waals surface area contributed by atoms with Crippen LogP contribution >= 0.6 is 0 Å². The third-order valence-electron chi connectivity index (χ3n) is 4.35. The molecule has 3 unspecified atom stereocenters. The first kappa shape index (κ1) is 16.2. The maximum atomic E-state index is 13.6. The first-order valence-corrected chi connectivity index (χ1v) is 7.95. The van der Waals surface area contributed by atoms with Crippen molar-refractivity contribution in [2.75, 3.05) is 6.54 Å². The van der Waals surface area contributed by atoms with Gasteiger partial charge in [-0.2, -0.15) is 0 Å². The fourth-order valence-electron chi connectivity index (χ4n) is 3.19. The minimum atomic E-state index is -0.750. The Hall–Kier alpha value is -2.64. The second kappa shape index (κ2) is 6.46. The molecule has 0 bridgehead atoms. The van der Waals surface area contributed by atoms with Crippen molar-refractivity contribution in [3.8, 4) is 0 Å². The Morgan fingerprint density at radius 1 is 1.21 bits per heavy atom. The topological polar surface area (TPSA) is 90.5 Å². The number of amides is 5. The molecule has 5 amide bonds. The Morgan fingerprint density at radius 3 is 2.71 bits per heavy atom. The molecule has 3 atom stereocenters. The Balaban J connectivity index is 1.96. The minimum Gasteiger partial charge on any atom is -0.330 e. The van der Waals surface area contributed by atoms with Crippen molar-refractivity contribution in [2.24, 2.45) is 5.92 Å². The predicted octanol–water partition coefficient (Wildman–Crippen LogP) is 1.47. The summed E-state index contributed by atoms with van der Waals surface area (Å²) in [5.41, 5.74) is 0.486. The van der Waals surface area contributed by atoms with Crippen LogP contribution in [-0.2, 0) is 4.79 Å². The Labute approximate surface area is 138 Å². The van der Waals surface area contributed by atoms with E-state index >= 15 is 0 Å². The second-order valence-electron chi connectivity index (χ2n) is 5.96. The monoisotopic (exact) mass is 334 g/mol. The summed E-state index contributed by atoms with van der Waals surface area (Å²) in [5.74, 6) is -1.68. The summed E-state index contributed by atoms with van der Waals surface area (Å²) in [5, 5.41) is 7.65. The first-order valence-electron chi connectivity index (χ1n) is 7.95. The number of nitrogens with zero attached hydrogens (tertiary/aromatic N) is 1. The Kier molecular flexibility index (Phi) is 4.37. The molecule has 0 saturated carbocycles. The third kappa shape index (κ3) is 2.91. The molecule has 128 valence electrons. The van der Waals surface area contributed by atoms with Gasteiger partial charge in [-0.05, 0) is 24.1 Å². The lowest BCUT2D eigenvalue weighted by atomic mass is 9.86. The standard InChI is InChI=1S/C16H19FN4O3/c1-2-3-7-21-13-11(14(22)20-16(21)24)12(18-15(23)19-13)9-5-4-6-10(17)8-9/h4-6,8,11-13H,2-3,7H2,1H3,(H2,18,19,23)(H,20,22,24). The molecule has 0 radical (unpaired) electrons. The van der Waals surface area contributed by atoms with E-state index in [2.05, 4.69) is 16.0 Å². The fourth-order valence-corrected chi connectivity index (χ4v) is 3.19. The zero-order valence-electron chi connectivity index (χ0n) is 13.2. The average Bonchev–Trinajstić information content (AvgIpc) is 2.53. The number of urea groups is 2. The number of halogens is 1. The number of rotatable bonds is 4. The number of benzene rings is 1. The zero-order chi connectivity index (χ0) is 17.3. The molecule has 2 aliphatic heterocycles. The number of hydrogen-bond donors (Lipinski definition) is 3. The molecule has 1 aromatic carbocycles. The minimum absolute atomic E-state index is 0.424. The van der Waals surface area contributed by atoms with Gasteiger partial charge >= 0.3 is 12.1 Å². The first-order chi connectivity index (χ1) is 11.5.